The molecular formula is C52H60Cl4N6O2. The first kappa shape index (κ1) is 46.8. The SMILES string of the molecule is Cc1ccccc1CC(=O)N1CCC(N2CCC(Cc3cc(Cl)cc(Cl)c3)CC2)CC1.O=C(c1cnnc2ccccc12)N1CCC(N2CCC(Cc3ccc(Cl)c(Cl)c3)CC2)CC1. The number of likely N-dealkylation sites (tertiary alicyclic amines) is 4. The number of halogens is 4. The van der Waals surface area contributed by atoms with Gasteiger partial charge in [-0.1, -0.05) is 94.9 Å². The Morgan fingerprint density at radius 1 is 0.594 bits per heavy atom. The maximum Gasteiger partial charge on any atom is 0.256 e. The second kappa shape index (κ2) is 22.2. The predicted octanol–water partition coefficient (Wildman–Crippen LogP) is 11.3. The van der Waals surface area contributed by atoms with Crippen LogP contribution in [0.25, 0.3) is 10.9 Å². The first-order chi connectivity index (χ1) is 31.1. The molecule has 0 unspecified atom stereocenters. The molecule has 0 saturated carbocycles. The summed E-state index contributed by atoms with van der Waals surface area (Å²) in [6, 6.07) is 29.0. The van der Waals surface area contributed by atoms with Crippen molar-refractivity contribution in [1.29, 1.82) is 0 Å². The van der Waals surface area contributed by atoms with Crippen molar-refractivity contribution >= 4 is 69.1 Å². The van der Waals surface area contributed by atoms with E-state index in [0.29, 0.717) is 45.9 Å². The van der Waals surface area contributed by atoms with Gasteiger partial charge in [-0.2, -0.15) is 10.2 Å². The van der Waals surface area contributed by atoms with Crippen molar-refractivity contribution in [2.75, 3.05) is 52.4 Å². The minimum absolute atomic E-state index is 0.0693. The Balaban J connectivity index is 0.000000175. The topological polar surface area (TPSA) is 72.9 Å². The molecule has 4 saturated heterocycles. The van der Waals surface area contributed by atoms with E-state index in [4.69, 9.17) is 46.4 Å². The highest BCUT2D eigenvalue weighted by molar-refractivity contribution is 6.42. The van der Waals surface area contributed by atoms with Crippen LogP contribution < -0.4 is 0 Å². The molecular weight excluding hydrogens is 882 g/mol. The molecule has 9 rings (SSSR count). The summed E-state index contributed by atoms with van der Waals surface area (Å²) in [5, 5.41) is 11.8. The van der Waals surface area contributed by atoms with Crippen molar-refractivity contribution < 1.29 is 9.59 Å². The number of nitrogens with zero attached hydrogens (tertiary/aromatic N) is 6. The number of hydrogen-bond acceptors (Lipinski definition) is 6. The lowest BCUT2D eigenvalue weighted by Gasteiger charge is -2.42. The lowest BCUT2D eigenvalue weighted by atomic mass is 9.88. The van der Waals surface area contributed by atoms with Crippen LogP contribution in [0.5, 0.6) is 0 Å². The van der Waals surface area contributed by atoms with Gasteiger partial charge in [-0.15, -0.1) is 0 Å². The Morgan fingerprint density at radius 3 is 1.77 bits per heavy atom. The Labute approximate surface area is 399 Å². The van der Waals surface area contributed by atoms with Gasteiger partial charge in [-0.05, 0) is 168 Å². The molecule has 4 fully saturated rings. The third kappa shape index (κ3) is 12.2. The van der Waals surface area contributed by atoms with Gasteiger partial charge >= 0.3 is 0 Å². The van der Waals surface area contributed by atoms with Crippen molar-refractivity contribution in [2.45, 2.75) is 89.6 Å². The van der Waals surface area contributed by atoms with Gasteiger partial charge in [0.2, 0.25) is 5.91 Å². The number of hydrogen-bond donors (Lipinski definition) is 0. The van der Waals surface area contributed by atoms with Crippen molar-refractivity contribution in [2.24, 2.45) is 11.8 Å². The van der Waals surface area contributed by atoms with Crippen molar-refractivity contribution in [3.8, 4) is 0 Å². The molecule has 4 aliphatic heterocycles. The normalized spacial score (nSPS) is 18.8. The number of fused-ring (bicyclic) bond motifs is 1. The highest BCUT2D eigenvalue weighted by atomic mass is 35.5. The van der Waals surface area contributed by atoms with Crippen molar-refractivity contribution in [3.05, 3.63) is 139 Å². The van der Waals surface area contributed by atoms with Gasteiger partial charge in [-0.3, -0.25) is 9.59 Å². The molecule has 0 spiro atoms. The molecule has 64 heavy (non-hydrogen) atoms. The number of amides is 2. The third-order valence-corrected chi connectivity index (χ3v) is 15.4. The summed E-state index contributed by atoms with van der Waals surface area (Å²) in [4.78, 5) is 35.3. The van der Waals surface area contributed by atoms with E-state index in [0.717, 1.165) is 117 Å². The van der Waals surface area contributed by atoms with E-state index in [9.17, 15) is 9.59 Å². The van der Waals surface area contributed by atoms with E-state index >= 15 is 0 Å². The molecule has 12 heteroatoms. The molecule has 5 heterocycles. The first-order valence-corrected chi connectivity index (χ1v) is 24.8. The lowest BCUT2D eigenvalue weighted by Crippen LogP contribution is -2.49. The standard InChI is InChI=1S/C26H28Cl2N4O.C26H32Cl2N2O/c27-23-6-5-19(16-24(23)28)15-18-7-11-31(12-8-18)20-9-13-32(14-10-20)26(33)22-17-29-30-25-4-2-1-3-21(22)25;1-19-4-2-3-5-22(19)17-26(31)30-12-8-25(9-13-30)29-10-6-20(7-11-29)14-21-15-23(27)18-24(28)16-21/h1-6,16-18,20H,7-15H2;2-5,15-16,18,20,25H,6-14,17H2,1H3. The van der Waals surface area contributed by atoms with Crippen LogP contribution in [0.1, 0.15) is 84.0 Å². The molecule has 0 N–H and O–H groups in total. The van der Waals surface area contributed by atoms with Gasteiger partial charge in [0.1, 0.15) is 0 Å². The van der Waals surface area contributed by atoms with Gasteiger partial charge in [-0.25, -0.2) is 0 Å². The summed E-state index contributed by atoms with van der Waals surface area (Å²) in [5.74, 6) is 1.72. The molecule has 0 aliphatic carbocycles. The van der Waals surface area contributed by atoms with Crippen LogP contribution in [0, 0.1) is 18.8 Å². The number of aryl methyl sites for hydroxylation is 1. The minimum atomic E-state index is 0.0693. The molecule has 4 aliphatic rings. The van der Waals surface area contributed by atoms with E-state index in [2.05, 4.69) is 50.0 Å². The smallest absolute Gasteiger partial charge is 0.256 e. The minimum Gasteiger partial charge on any atom is -0.342 e. The van der Waals surface area contributed by atoms with E-state index in [-0.39, 0.29) is 11.8 Å². The maximum absolute atomic E-state index is 13.2. The fourth-order valence-corrected chi connectivity index (χ4v) is 11.3. The maximum atomic E-state index is 13.2. The van der Waals surface area contributed by atoms with Crippen LogP contribution in [0.2, 0.25) is 20.1 Å². The Hall–Kier alpha value is -3.76. The number of carbonyl (C=O) groups is 2. The largest absolute Gasteiger partial charge is 0.342 e. The van der Waals surface area contributed by atoms with E-state index < -0.39 is 0 Å². The summed E-state index contributed by atoms with van der Waals surface area (Å²) in [6.45, 7) is 10.0. The number of aromatic nitrogens is 2. The van der Waals surface area contributed by atoms with Gasteiger partial charge in [0.15, 0.2) is 0 Å². The average molecular weight is 943 g/mol. The molecule has 0 radical (unpaired) electrons. The summed E-state index contributed by atoms with van der Waals surface area (Å²) in [5.41, 5.74) is 6.29. The first-order valence-electron chi connectivity index (χ1n) is 23.2. The average Bonchev–Trinajstić information content (AvgIpc) is 3.31. The number of benzene rings is 4. The zero-order valence-corrected chi connectivity index (χ0v) is 39.9. The molecule has 5 aromatic rings. The Morgan fingerprint density at radius 2 is 1.16 bits per heavy atom. The van der Waals surface area contributed by atoms with Crippen molar-refractivity contribution in [3.63, 3.8) is 0 Å². The second-order valence-corrected chi connectivity index (χ2v) is 20.1. The highest BCUT2D eigenvalue weighted by Gasteiger charge is 2.32. The Bertz CT molecular complexity index is 2340. The molecule has 4 aromatic carbocycles. The zero-order valence-electron chi connectivity index (χ0n) is 36.9. The van der Waals surface area contributed by atoms with Crippen LogP contribution in [-0.2, 0) is 24.1 Å². The van der Waals surface area contributed by atoms with Crippen LogP contribution in [0.3, 0.4) is 0 Å². The fourth-order valence-electron chi connectivity index (χ4n) is 10.5. The van der Waals surface area contributed by atoms with Crippen LogP contribution >= 0.6 is 46.4 Å². The number of piperidine rings is 4. The van der Waals surface area contributed by atoms with Gasteiger partial charge < -0.3 is 19.6 Å². The molecule has 1 aromatic heterocycles. The summed E-state index contributed by atoms with van der Waals surface area (Å²) in [7, 11) is 0. The molecule has 338 valence electrons. The molecule has 0 bridgehead atoms. The summed E-state index contributed by atoms with van der Waals surface area (Å²) >= 11 is 24.6. The number of carbonyl (C=O) groups excluding carboxylic acids is 2. The van der Waals surface area contributed by atoms with E-state index in [1.54, 1.807) is 12.3 Å². The summed E-state index contributed by atoms with van der Waals surface area (Å²) in [6.07, 6.45) is 13.3. The quantitative estimate of drug-likeness (QED) is 0.147. The second-order valence-electron chi connectivity index (χ2n) is 18.4. The highest BCUT2D eigenvalue weighted by Crippen LogP contribution is 2.31. The van der Waals surface area contributed by atoms with Crippen LogP contribution in [-0.4, -0.2) is 106 Å². The van der Waals surface area contributed by atoms with E-state index in [1.165, 1.54) is 42.4 Å². The molecule has 2 amide bonds. The van der Waals surface area contributed by atoms with Gasteiger partial charge in [0.05, 0.1) is 33.7 Å². The fraction of sp³-hybridized carbons (Fsp3) is 0.462. The van der Waals surface area contributed by atoms with Crippen molar-refractivity contribution in [1.82, 2.24) is 29.8 Å². The van der Waals surface area contributed by atoms with E-state index in [1.807, 2.05) is 65.6 Å². The van der Waals surface area contributed by atoms with Crippen LogP contribution in [0.4, 0.5) is 0 Å². The third-order valence-electron chi connectivity index (χ3n) is 14.2. The Kier molecular flexibility index (Phi) is 16.2. The monoisotopic (exact) mass is 940 g/mol. The zero-order chi connectivity index (χ0) is 44.6. The van der Waals surface area contributed by atoms with Gasteiger partial charge in [0.25, 0.3) is 5.91 Å². The summed E-state index contributed by atoms with van der Waals surface area (Å²) < 4.78 is 0. The number of rotatable bonds is 9. The molecule has 8 nitrogen and oxygen atoms in total. The molecule has 0 atom stereocenters. The lowest BCUT2D eigenvalue weighted by molar-refractivity contribution is -0.132. The predicted molar refractivity (Wildman–Crippen MR) is 262 cm³/mol. The van der Waals surface area contributed by atoms with Gasteiger partial charge in [0, 0.05) is 53.7 Å². The van der Waals surface area contributed by atoms with Crippen LogP contribution in [0.15, 0.2) is 91.1 Å².